The molecule has 0 amide bonds. The molecule has 42 valence electrons. The van der Waals surface area contributed by atoms with Crippen LogP contribution in [0.3, 0.4) is 0 Å². The molecule has 0 fully saturated rings. The molecule has 0 aromatic carbocycles. The first-order valence-corrected chi connectivity index (χ1v) is 35.5. The second-order valence-corrected chi connectivity index (χ2v) is 180. The molecule has 0 aromatic rings. The van der Waals surface area contributed by atoms with E-state index in [1.807, 2.05) is 0 Å². The topological polar surface area (TPSA) is 0 Å². The van der Waals surface area contributed by atoms with Crippen LogP contribution < -0.4 is 0 Å². The van der Waals surface area contributed by atoms with E-state index < -0.39 is 7.05 Å². The molecule has 0 saturated heterocycles. The second-order valence-electron chi connectivity index (χ2n) is 0.540. The zero-order valence-electron chi connectivity index (χ0n) is 2.27. The van der Waals surface area contributed by atoms with Crippen molar-refractivity contribution in [1.82, 2.24) is 0 Å². The van der Waals surface area contributed by atoms with Gasteiger partial charge in [0.1, 0.15) is 0 Å². The summed E-state index contributed by atoms with van der Waals surface area (Å²) in [4.78, 5) is 0. The minimum atomic E-state index is -1.85. The fourth-order valence-electron chi connectivity index (χ4n) is 0. The van der Waals surface area contributed by atoms with Gasteiger partial charge in [-0.15, -0.1) is 0 Å². The van der Waals surface area contributed by atoms with E-state index in [0.29, 0.717) is 0 Å². The molecular weight excluding hydrogens is 786 g/mol. The van der Waals surface area contributed by atoms with Crippen LogP contribution in [0.15, 0.2) is 0 Å². The molecule has 0 radical (unpaired) electrons. The summed E-state index contributed by atoms with van der Waals surface area (Å²) in [7, 11) is -1.85. The van der Waals surface area contributed by atoms with Crippen LogP contribution in [0.1, 0.15) is 0 Å². The van der Waals surface area contributed by atoms with Gasteiger partial charge >= 0.3 is 66.2 Å². The van der Waals surface area contributed by atoms with E-state index in [9.17, 15) is 0 Å². The summed E-state index contributed by atoms with van der Waals surface area (Å²) in [6.07, 6.45) is 0. The molecule has 0 aliphatic rings. The molecule has 0 heterocycles. The Labute approximate surface area is 61.1 Å². The van der Waals surface area contributed by atoms with Gasteiger partial charge in [0.15, 0.2) is 0 Å². The van der Waals surface area contributed by atoms with Crippen molar-refractivity contribution in [2.24, 2.45) is 0 Å². The molecule has 0 saturated carbocycles. The summed E-state index contributed by atoms with van der Waals surface area (Å²) in [5, 5.41) is 0. The van der Waals surface area contributed by atoms with Crippen molar-refractivity contribution in [2.75, 3.05) is 0 Å². The van der Waals surface area contributed by atoms with Gasteiger partial charge in [0.05, 0.1) is 0 Å². The summed E-state index contributed by atoms with van der Waals surface area (Å²) >= 11 is 12.8. The number of rotatable bonds is 0. The Bertz CT molecular complexity index is 37.1. The molecule has 0 unspecified atom stereocenters. The van der Waals surface area contributed by atoms with Crippen molar-refractivity contribution in [1.29, 1.82) is 0 Å². The van der Waals surface area contributed by atoms with E-state index >= 15 is 0 Å². The Morgan fingerprint density at radius 3 is 0.667 bits per heavy atom. The van der Waals surface area contributed by atoms with Crippen molar-refractivity contribution < 1.29 is 7.05 Å². The number of hydrogen-bond donors (Lipinski definition) is 0. The van der Waals surface area contributed by atoms with E-state index in [0.717, 1.165) is 0 Å². The molecule has 0 aliphatic heterocycles. The zero-order chi connectivity index (χ0) is 5.45. The van der Waals surface area contributed by atoms with Gasteiger partial charge in [0.2, 0.25) is 0 Å². The predicted molar refractivity (Wildman–Crippen MR) is 70.1 cm³/mol. The van der Waals surface area contributed by atoms with E-state index in [-0.39, 0.29) is 0 Å². The van der Waals surface area contributed by atoms with Crippen molar-refractivity contribution >= 4 is 59.2 Å². The van der Waals surface area contributed by atoms with Gasteiger partial charge < -0.3 is 0 Å². The van der Waals surface area contributed by atoms with Crippen LogP contribution in [-0.4, -0.2) is 0 Å². The van der Waals surface area contributed by atoms with E-state index in [2.05, 4.69) is 59.2 Å². The normalized spacial score (nSPS) is 19.2. The van der Waals surface area contributed by atoms with Crippen molar-refractivity contribution in [3.05, 3.63) is 0 Å². The Morgan fingerprint density at radius 1 is 0.667 bits per heavy atom. The number of hydrogen-bond acceptors (Lipinski definition) is 0. The van der Waals surface area contributed by atoms with Crippen molar-refractivity contribution in [2.45, 2.75) is 0 Å². The van der Waals surface area contributed by atoms with E-state index in [4.69, 9.17) is 0 Å². The molecule has 0 bridgehead atoms. The second kappa shape index (κ2) is 3.76. The van der Waals surface area contributed by atoms with Gasteiger partial charge in [-0.05, 0) is 0 Å². The Morgan fingerprint density at radius 2 is 0.667 bits per heavy atom. The molecule has 0 aliphatic carbocycles. The van der Waals surface area contributed by atoms with Crippen LogP contribution in [0.2, 0.25) is 0 Å². The Hall–Kier alpha value is 5.23. The quantitative estimate of drug-likeness (QED) is 0.320. The minimum absolute atomic E-state index is 1.85. The van der Waals surface area contributed by atoms with Gasteiger partial charge in [-0.25, -0.2) is 0 Å². The molecule has 6 heavy (non-hydrogen) atoms. The summed E-state index contributed by atoms with van der Waals surface area (Å²) in [6.45, 7) is 0. The molecule has 0 N–H and O–H groups in total. The van der Waals surface area contributed by atoms with Gasteiger partial charge in [-0.1, -0.05) is 0 Å². The molecule has 0 rings (SSSR count). The number of halogens is 5. The summed E-state index contributed by atoms with van der Waals surface area (Å²) in [5.74, 6) is 0. The van der Waals surface area contributed by atoms with Crippen LogP contribution in [0.25, 0.3) is 0 Å². The van der Waals surface area contributed by atoms with Crippen LogP contribution in [0.5, 0.6) is 0 Å². The zero-order valence-corrected chi connectivity index (χ0v) is 15.5. The van der Waals surface area contributed by atoms with Gasteiger partial charge in [0.25, 0.3) is 0 Å². The summed E-state index contributed by atoms with van der Waals surface area (Å²) in [6, 6.07) is 0. The Kier molecular flexibility index (Phi) is 7.04. The van der Waals surface area contributed by atoms with Gasteiger partial charge in [-0.2, -0.15) is 0 Å². The average Bonchev–Trinajstić information content (AvgIpc) is 0.650. The molecule has 0 nitrogen and oxygen atoms in total. The molecule has 0 atom stereocenters. The first-order chi connectivity index (χ1) is 2.24. The van der Waals surface area contributed by atoms with Gasteiger partial charge in [-0.3, -0.25) is 0 Å². The summed E-state index contributed by atoms with van der Waals surface area (Å²) < 4.78 is 0. The summed E-state index contributed by atoms with van der Waals surface area (Å²) in [5.41, 5.74) is 0. The Balaban J connectivity index is 3.73. The van der Waals surface area contributed by atoms with Crippen LogP contribution in [-0.2, 0) is 0 Å². The fraction of sp³-hybridized carbons (Fsp3) is 0. The van der Waals surface area contributed by atoms with Crippen LogP contribution >= 0.6 is 59.2 Å². The van der Waals surface area contributed by atoms with Gasteiger partial charge in [0, 0.05) is 0 Å². The third-order valence-electron chi connectivity index (χ3n) is 0. The molecule has 0 aromatic heterocycles. The maximum atomic E-state index is 2.56. The monoisotopic (exact) mass is 787 g/mol. The third-order valence-corrected chi connectivity index (χ3v) is 0. The molecular formula is EuI5. The van der Waals surface area contributed by atoms with E-state index in [1.54, 1.807) is 0 Å². The third kappa shape index (κ3) is 22.9. The maximum absolute atomic E-state index is 2.56. The van der Waals surface area contributed by atoms with Crippen molar-refractivity contribution in [3.8, 4) is 0 Å². The van der Waals surface area contributed by atoms with Crippen LogP contribution in [0.4, 0.5) is 0 Å². The van der Waals surface area contributed by atoms with E-state index in [1.165, 1.54) is 0 Å². The SMILES string of the molecule is [I][Eu]([I])([I])([I])[I]. The predicted octanol–water partition coefficient (Wildman–Crippen LogP) is 4.43. The standard InChI is InChI=1S/Eu.5HI/h;5*1H/q+5;;;;;/p-5. The van der Waals surface area contributed by atoms with Crippen molar-refractivity contribution in [3.63, 3.8) is 0 Å². The average molecular weight is 786 g/mol. The fourth-order valence-corrected chi connectivity index (χ4v) is 0. The first-order valence-electron chi connectivity index (χ1n) is 0.714. The molecule has 6 heteroatoms. The molecule has 0 spiro atoms. The first kappa shape index (κ1) is 11.2. The van der Waals surface area contributed by atoms with Crippen LogP contribution in [0, 0.1) is 7.05 Å².